The van der Waals surface area contributed by atoms with Crippen LogP contribution in [-0.2, 0) is 4.74 Å². The zero-order chi connectivity index (χ0) is 24.7. The van der Waals surface area contributed by atoms with E-state index in [2.05, 4.69) is 21.0 Å². The largest absolute Gasteiger partial charge is 0.505 e. The Morgan fingerprint density at radius 1 is 1.03 bits per heavy atom. The molecule has 5 rings (SSSR count). The lowest BCUT2D eigenvalue weighted by Crippen LogP contribution is -2.26. The van der Waals surface area contributed by atoms with Crippen molar-refractivity contribution < 1.29 is 25.2 Å². The van der Waals surface area contributed by atoms with Gasteiger partial charge in [0.15, 0.2) is 28.8 Å². The number of aromatic nitrogens is 4. The van der Waals surface area contributed by atoms with E-state index >= 15 is 0 Å². The predicted molar refractivity (Wildman–Crippen MR) is 123 cm³/mol. The Balaban J connectivity index is 1.54. The van der Waals surface area contributed by atoms with Gasteiger partial charge >= 0.3 is 0 Å². The SMILES string of the molecule is N#Cc1ccc(-n2cnc3c(=O)[nH]c(-c4ccc(C5=C(O)C(O)=C(O)C(CO)O5)cc4)nc32)cc1. The van der Waals surface area contributed by atoms with Crippen molar-refractivity contribution in [3.8, 4) is 23.1 Å². The van der Waals surface area contributed by atoms with E-state index in [1.54, 1.807) is 53.1 Å². The number of aromatic amines is 1. The molecule has 1 aliphatic heterocycles. The van der Waals surface area contributed by atoms with Gasteiger partial charge in [0, 0.05) is 16.8 Å². The van der Waals surface area contributed by atoms with Crippen LogP contribution in [0.5, 0.6) is 0 Å². The van der Waals surface area contributed by atoms with Gasteiger partial charge < -0.3 is 30.1 Å². The van der Waals surface area contributed by atoms with Gasteiger partial charge in [0.1, 0.15) is 12.2 Å². The van der Waals surface area contributed by atoms with E-state index in [-0.39, 0.29) is 17.1 Å². The molecule has 35 heavy (non-hydrogen) atoms. The van der Waals surface area contributed by atoms with Crippen LogP contribution in [-0.4, -0.2) is 52.7 Å². The second-order valence-corrected chi connectivity index (χ2v) is 7.64. The number of nitrogens with one attached hydrogen (secondary N) is 1. The number of benzene rings is 2. The highest BCUT2D eigenvalue weighted by atomic mass is 16.5. The Morgan fingerprint density at radius 3 is 2.37 bits per heavy atom. The molecule has 11 nitrogen and oxygen atoms in total. The number of H-pyrrole nitrogens is 1. The van der Waals surface area contributed by atoms with Crippen molar-refractivity contribution in [1.29, 1.82) is 5.26 Å². The summed E-state index contributed by atoms with van der Waals surface area (Å²) in [5.74, 6) is -1.97. The molecule has 1 aliphatic rings. The van der Waals surface area contributed by atoms with Gasteiger partial charge in [0.25, 0.3) is 5.56 Å². The molecule has 0 amide bonds. The standard InChI is InChI=1S/C24H17N5O6/c25-9-12-1-7-15(8-2-12)29-11-26-17-23(29)27-22(28-24(17)34)14-5-3-13(4-6-14)21-20(33)19(32)18(31)16(10-30)35-21/h1-8,11,16,30-33H,10H2,(H,27,28,34). The molecule has 5 N–H and O–H groups in total. The third kappa shape index (κ3) is 3.64. The number of ether oxygens (including phenoxy) is 1. The highest BCUT2D eigenvalue weighted by Crippen LogP contribution is 2.32. The number of aliphatic hydroxyl groups is 4. The van der Waals surface area contributed by atoms with Crippen LogP contribution < -0.4 is 5.56 Å². The van der Waals surface area contributed by atoms with Gasteiger partial charge in [-0.25, -0.2) is 9.97 Å². The molecule has 1 unspecified atom stereocenters. The second kappa shape index (κ2) is 8.36. The predicted octanol–water partition coefficient (Wildman–Crippen LogP) is 2.59. The maximum atomic E-state index is 12.7. The van der Waals surface area contributed by atoms with E-state index in [4.69, 9.17) is 10.00 Å². The third-order valence-corrected chi connectivity index (χ3v) is 5.52. The molecule has 11 heteroatoms. The number of rotatable bonds is 4. The molecule has 0 saturated heterocycles. The minimum absolute atomic E-state index is 0.123. The van der Waals surface area contributed by atoms with Gasteiger partial charge in [-0.05, 0) is 24.3 Å². The molecule has 3 heterocycles. The van der Waals surface area contributed by atoms with Crippen LogP contribution in [0.3, 0.4) is 0 Å². The van der Waals surface area contributed by atoms with Gasteiger partial charge in [-0.2, -0.15) is 5.26 Å². The molecule has 0 bridgehead atoms. The van der Waals surface area contributed by atoms with Crippen LogP contribution >= 0.6 is 0 Å². The first-order chi connectivity index (χ1) is 16.9. The summed E-state index contributed by atoms with van der Waals surface area (Å²) in [6.45, 7) is -0.608. The second-order valence-electron chi connectivity index (χ2n) is 7.64. The molecule has 0 saturated carbocycles. The van der Waals surface area contributed by atoms with Crippen molar-refractivity contribution >= 4 is 16.9 Å². The van der Waals surface area contributed by atoms with E-state index in [0.717, 1.165) is 0 Å². The summed E-state index contributed by atoms with van der Waals surface area (Å²) in [5.41, 5.74) is 2.11. The lowest BCUT2D eigenvalue weighted by molar-refractivity contribution is 0.0626. The first-order valence-electron chi connectivity index (χ1n) is 10.3. The maximum Gasteiger partial charge on any atom is 0.279 e. The first-order valence-corrected chi connectivity index (χ1v) is 10.3. The molecule has 1 atom stereocenters. The monoisotopic (exact) mass is 471 g/mol. The van der Waals surface area contributed by atoms with Crippen molar-refractivity contribution in [3.63, 3.8) is 0 Å². The summed E-state index contributed by atoms with van der Waals surface area (Å²) in [4.78, 5) is 24.1. The zero-order valence-electron chi connectivity index (χ0n) is 17.9. The molecule has 0 radical (unpaired) electrons. The lowest BCUT2D eigenvalue weighted by Gasteiger charge is -2.24. The van der Waals surface area contributed by atoms with Crippen molar-refractivity contribution in [2.45, 2.75) is 6.10 Å². The molecular weight excluding hydrogens is 454 g/mol. The van der Waals surface area contributed by atoms with Crippen LogP contribution in [0.4, 0.5) is 0 Å². The molecule has 174 valence electrons. The van der Waals surface area contributed by atoms with Gasteiger partial charge in [-0.15, -0.1) is 0 Å². The van der Waals surface area contributed by atoms with Crippen LogP contribution in [0.15, 0.2) is 76.9 Å². The lowest BCUT2D eigenvalue weighted by atomic mass is 10.1. The fraction of sp³-hybridized carbons (Fsp3) is 0.0833. The molecule has 0 aliphatic carbocycles. The topological polar surface area (TPSA) is 178 Å². The number of fused-ring (bicyclic) bond motifs is 1. The Morgan fingerprint density at radius 2 is 1.71 bits per heavy atom. The van der Waals surface area contributed by atoms with E-state index in [9.17, 15) is 25.2 Å². The molecule has 0 fully saturated rings. The minimum Gasteiger partial charge on any atom is -0.505 e. The third-order valence-electron chi connectivity index (χ3n) is 5.52. The highest BCUT2D eigenvalue weighted by Gasteiger charge is 2.31. The summed E-state index contributed by atoms with van der Waals surface area (Å²) in [7, 11) is 0. The number of imidazole rings is 1. The van der Waals surface area contributed by atoms with E-state index in [1.165, 1.54) is 6.33 Å². The fourth-order valence-electron chi connectivity index (χ4n) is 3.68. The molecule has 2 aromatic heterocycles. The number of nitriles is 1. The van der Waals surface area contributed by atoms with Gasteiger partial charge in [-0.1, -0.05) is 24.3 Å². The van der Waals surface area contributed by atoms with Crippen molar-refractivity contribution in [3.05, 3.63) is 93.6 Å². The number of nitrogens with zero attached hydrogens (tertiary/aromatic N) is 4. The molecule has 4 aromatic rings. The average molecular weight is 471 g/mol. The van der Waals surface area contributed by atoms with Crippen LogP contribution in [0.25, 0.3) is 34.0 Å². The maximum absolute atomic E-state index is 12.7. The highest BCUT2D eigenvalue weighted by molar-refractivity contribution is 5.75. The van der Waals surface area contributed by atoms with Gasteiger partial charge in [0.2, 0.25) is 11.5 Å². The minimum atomic E-state index is -1.22. The Labute approximate surface area is 196 Å². The first kappa shape index (κ1) is 21.7. The van der Waals surface area contributed by atoms with Crippen LogP contribution in [0.2, 0.25) is 0 Å². The van der Waals surface area contributed by atoms with Crippen molar-refractivity contribution in [2.24, 2.45) is 0 Å². The van der Waals surface area contributed by atoms with E-state index < -0.39 is 35.5 Å². The smallest absolute Gasteiger partial charge is 0.279 e. The quantitative estimate of drug-likeness (QED) is 0.299. The molecule has 2 aromatic carbocycles. The summed E-state index contributed by atoms with van der Waals surface area (Å²) >= 11 is 0. The normalized spacial score (nSPS) is 15.8. The summed E-state index contributed by atoms with van der Waals surface area (Å²) in [5, 5.41) is 48.2. The van der Waals surface area contributed by atoms with Crippen molar-refractivity contribution in [1.82, 2.24) is 19.5 Å². The Hall–Kier alpha value is -5.08. The van der Waals surface area contributed by atoms with E-state index in [1.807, 2.05) is 0 Å². The van der Waals surface area contributed by atoms with Crippen LogP contribution in [0, 0.1) is 11.3 Å². The van der Waals surface area contributed by atoms with Gasteiger partial charge in [0.05, 0.1) is 18.2 Å². The number of aliphatic hydroxyl groups excluding tert-OH is 4. The molecular formula is C24H17N5O6. The number of hydrogen-bond acceptors (Lipinski definition) is 9. The summed E-state index contributed by atoms with van der Waals surface area (Å²) in [6.07, 6.45) is 0.257. The average Bonchev–Trinajstić information content (AvgIpc) is 3.32. The summed E-state index contributed by atoms with van der Waals surface area (Å²) < 4.78 is 7.05. The Bertz CT molecular complexity index is 1610. The van der Waals surface area contributed by atoms with E-state index in [0.29, 0.717) is 28.0 Å². The fourth-order valence-corrected chi connectivity index (χ4v) is 3.68. The zero-order valence-corrected chi connectivity index (χ0v) is 17.9. The molecule has 0 spiro atoms. The summed E-state index contributed by atoms with van der Waals surface area (Å²) in [6, 6.07) is 15.2. The van der Waals surface area contributed by atoms with Crippen molar-refractivity contribution in [2.75, 3.05) is 6.61 Å². The Kier molecular flexibility index (Phi) is 5.20. The van der Waals surface area contributed by atoms with Gasteiger partial charge in [-0.3, -0.25) is 9.36 Å². The van der Waals surface area contributed by atoms with Crippen LogP contribution in [0.1, 0.15) is 11.1 Å². The number of hydrogen-bond donors (Lipinski definition) is 5.